The van der Waals surface area contributed by atoms with E-state index in [1.165, 1.54) is 0 Å². The number of hydrogen-bond acceptors (Lipinski definition) is 2. The van der Waals surface area contributed by atoms with Crippen molar-refractivity contribution in [2.45, 2.75) is 19.9 Å². The van der Waals surface area contributed by atoms with Crippen LogP contribution in [0.5, 0.6) is 0 Å². The molecule has 1 aromatic carbocycles. The molecule has 0 saturated heterocycles. The second-order valence-electron chi connectivity index (χ2n) is 4.22. The van der Waals surface area contributed by atoms with E-state index < -0.39 is 35.1 Å². The molecule has 4 nitrogen and oxygen atoms in total. The summed E-state index contributed by atoms with van der Waals surface area (Å²) in [5.74, 6) is -3.44. The quantitative estimate of drug-likeness (QED) is 0.849. The van der Waals surface area contributed by atoms with E-state index in [1.807, 2.05) is 0 Å². The second kappa shape index (κ2) is 5.57. The number of carbonyl (C=O) groups excluding carboxylic acids is 2. The highest BCUT2D eigenvalue weighted by atomic mass is 19.1. The lowest BCUT2D eigenvalue weighted by molar-refractivity contribution is -0.120. The number of nitrogens with one attached hydrogen (secondary N) is 1. The van der Waals surface area contributed by atoms with Gasteiger partial charge in [-0.25, -0.2) is 8.78 Å². The van der Waals surface area contributed by atoms with Crippen molar-refractivity contribution in [3.8, 4) is 0 Å². The molecule has 0 aromatic heterocycles. The molecule has 0 bridgehead atoms. The van der Waals surface area contributed by atoms with E-state index >= 15 is 0 Å². The number of hydrogen-bond donors (Lipinski definition) is 2. The summed E-state index contributed by atoms with van der Waals surface area (Å²) >= 11 is 0. The van der Waals surface area contributed by atoms with Crippen molar-refractivity contribution < 1.29 is 18.4 Å². The Morgan fingerprint density at radius 1 is 1.28 bits per heavy atom. The van der Waals surface area contributed by atoms with Crippen molar-refractivity contribution in [2.75, 3.05) is 0 Å². The molecule has 1 rings (SSSR count). The predicted molar refractivity (Wildman–Crippen MR) is 61.6 cm³/mol. The van der Waals surface area contributed by atoms with Crippen molar-refractivity contribution in [3.63, 3.8) is 0 Å². The first-order valence-corrected chi connectivity index (χ1v) is 5.38. The maximum Gasteiger partial charge on any atom is 0.255 e. The van der Waals surface area contributed by atoms with Gasteiger partial charge in [-0.15, -0.1) is 0 Å². The lowest BCUT2D eigenvalue weighted by Crippen LogP contribution is -2.47. The largest absolute Gasteiger partial charge is 0.368 e. The molecule has 0 aliphatic rings. The average molecular weight is 256 g/mol. The minimum atomic E-state index is -0.930. The van der Waals surface area contributed by atoms with Gasteiger partial charge in [0.1, 0.15) is 17.7 Å². The van der Waals surface area contributed by atoms with Crippen LogP contribution in [0.1, 0.15) is 24.2 Å². The third kappa shape index (κ3) is 3.26. The molecule has 0 aliphatic heterocycles. The third-order valence-corrected chi connectivity index (χ3v) is 2.43. The standard InChI is InChI=1S/C12H14F2N2O2/c1-6(2)10(11(15)17)16-12(18)8-5-7(13)3-4-9(8)14/h3-6,10H,1-2H3,(H2,15,17)(H,16,18). The highest BCUT2D eigenvalue weighted by molar-refractivity contribution is 5.97. The lowest BCUT2D eigenvalue weighted by Gasteiger charge is -2.19. The topological polar surface area (TPSA) is 72.2 Å². The van der Waals surface area contributed by atoms with Gasteiger partial charge < -0.3 is 11.1 Å². The normalized spacial score (nSPS) is 12.3. The Hall–Kier alpha value is -1.98. The summed E-state index contributed by atoms with van der Waals surface area (Å²) in [6.45, 7) is 3.36. The van der Waals surface area contributed by atoms with Crippen LogP contribution in [0.15, 0.2) is 18.2 Å². The molecule has 1 aromatic rings. The molecule has 0 aliphatic carbocycles. The van der Waals surface area contributed by atoms with E-state index in [0.717, 1.165) is 18.2 Å². The van der Waals surface area contributed by atoms with E-state index in [1.54, 1.807) is 13.8 Å². The summed E-state index contributed by atoms with van der Waals surface area (Å²) in [5, 5.41) is 2.28. The molecule has 1 unspecified atom stereocenters. The number of amides is 2. The van der Waals surface area contributed by atoms with Crippen LogP contribution in [0, 0.1) is 17.6 Å². The fourth-order valence-electron chi connectivity index (χ4n) is 1.46. The zero-order valence-corrected chi connectivity index (χ0v) is 10.0. The predicted octanol–water partition coefficient (Wildman–Crippen LogP) is 1.20. The van der Waals surface area contributed by atoms with Gasteiger partial charge in [0.15, 0.2) is 0 Å². The van der Waals surface area contributed by atoms with Crippen LogP contribution in [0.4, 0.5) is 8.78 Å². The van der Waals surface area contributed by atoms with Gasteiger partial charge in [0.25, 0.3) is 5.91 Å². The van der Waals surface area contributed by atoms with E-state index in [2.05, 4.69) is 5.32 Å². The monoisotopic (exact) mass is 256 g/mol. The Balaban J connectivity index is 2.94. The van der Waals surface area contributed by atoms with Crippen LogP contribution in [0.25, 0.3) is 0 Å². The van der Waals surface area contributed by atoms with Gasteiger partial charge in [0, 0.05) is 0 Å². The van der Waals surface area contributed by atoms with Gasteiger partial charge in [-0.1, -0.05) is 13.8 Å². The first kappa shape index (κ1) is 14.1. The zero-order valence-electron chi connectivity index (χ0n) is 10.0. The van der Waals surface area contributed by atoms with Crippen molar-refractivity contribution in [1.29, 1.82) is 0 Å². The molecule has 98 valence electrons. The minimum absolute atomic E-state index is 0.247. The molecule has 0 heterocycles. The molecule has 6 heteroatoms. The Bertz CT molecular complexity index is 475. The van der Waals surface area contributed by atoms with Crippen LogP contribution in [0.2, 0.25) is 0 Å². The molecule has 3 N–H and O–H groups in total. The Labute approximate surface area is 103 Å². The van der Waals surface area contributed by atoms with Gasteiger partial charge in [0.05, 0.1) is 5.56 Å². The Morgan fingerprint density at radius 2 is 1.89 bits per heavy atom. The number of nitrogens with two attached hydrogens (primary N) is 1. The van der Waals surface area contributed by atoms with E-state index in [-0.39, 0.29) is 5.92 Å². The fourth-order valence-corrected chi connectivity index (χ4v) is 1.46. The van der Waals surface area contributed by atoms with Crippen molar-refractivity contribution in [1.82, 2.24) is 5.32 Å². The fraction of sp³-hybridized carbons (Fsp3) is 0.333. The Morgan fingerprint density at radius 3 is 2.39 bits per heavy atom. The molecular weight excluding hydrogens is 242 g/mol. The van der Waals surface area contributed by atoms with E-state index in [4.69, 9.17) is 5.73 Å². The first-order chi connectivity index (χ1) is 8.32. The number of primary amides is 1. The molecule has 0 fully saturated rings. The first-order valence-electron chi connectivity index (χ1n) is 5.38. The highest BCUT2D eigenvalue weighted by Gasteiger charge is 2.23. The third-order valence-electron chi connectivity index (χ3n) is 2.43. The van der Waals surface area contributed by atoms with Crippen LogP contribution >= 0.6 is 0 Å². The highest BCUT2D eigenvalue weighted by Crippen LogP contribution is 2.11. The van der Waals surface area contributed by atoms with Gasteiger partial charge in [-0.2, -0.15) is 0 Å². The second-order valence-corrected chi connectivity index (χ2v) is 4.22. The summed E-state index contributed by atoms with van der Waals surface area (Å²) in [6.07, 6.45) is 0. The minimum Gasteiger partial charge on any atom is -0.368 e. The smallest absolute Gasteiger partial charge is 0.255 e. The van der Waals surface area contributed by atoms with Crippen molar-refractivity contribution in [3.05, 3.63) is 35.4 Å². The van der Waals surface area contributed by atoms with Gasteiger partial charge in [-0.3, -0.25) is 9.59 Å². The van der Waals surface area contributed by atoms with Gasteiger partial charge in [-0.05, 0) is 24.1 Å². The molecule has 0 saturated carbocycles. The number of rotatable bonds is 4. The zero-order chi connectivity index (χ0) is 13.9. The molecule has 1 atom stereocenters. The maximum absolute atomic E-state index is 13.3. The number of benzene rings is 1. The van der Waals surface area contributed by atoms with Crippen molar-refractivity contribution >= 4 is 11.8 Å². The number of halogens is 2. The van der Waals surface area contributed by atoms with Crippen LogP contribution < -0.4 is 11.1 Å². The SMILES string of the molecule is CC(C)C(NC(=O)c1cc(F)ccc1F)C(N)=O. The molecule has 0 radical (unpaired) electrons. The number of carbonyl (C=O) groups is 2. The van der Waals surface area contributed by atoms with Gasteiger partial charge in [0.2, 0.25) is 5.91 Å². The van der Waals surface area contributed by atoms with Crippen LogP contribution in [0.3, 0.4) is 0 Å². The molecule has 18 heavy (non-hydrogen) atoms. The molecule has 2 amide bonds. The summed E-state index contributed by atoms with van der Waals surface area (Å²) in [4.78, 5) is 22.8. The maximum atomic E-state index is 13.3. The van der Waals surface area contributed by atoms with Crippen molar-refractivity contribution in [2.24, 2.45) is 11.7 Å². The summed E-state index contributed by atoms with van der Waals surface area (Å²) in [5.41, 5.74) is 4.65. The van der Waals surface area contributed by atoms with Crippen LogP contribution in [-0.2, 0) is 4.79 Å². The van der Waals surface area contributed by atoms with E-state index in [0.29, 0.717) is 0 Å². The summed E-state index contributed by atoms with van der Waals surface area (Å²) in [6, 6.07) is 1.59. The molecule has 0 spiro atoms. The summed E-state index contributed by atoms with van der Waals surface area (Å²) < 4.78 is 26.3. The van der Waals surface area contributed by atoms with Crippen LogP contribution in [-0.4, -0.2) is 17.9 Å². The Kier molecular flexibility index (Phi) is 4.36. The van der Waals surface area contributed by atoms with E-state index in [9.17, 15) is 18.4 Å². The lowest BCUT2D eigenvalue weighted by atomic mass is 10.0. The summed E-state index contributed by atoms with van der Waals surface area (Å²) in [7, 11) is 0. The van der Waals surface area contributed by atoms with Gasteiger partial charge >= 0.3 is 0 Å². The average Bonchev–Trinajstić information content (AvgIpc) is 2.28. The molecular formula is C12H14F2N2O2.